The van der Waals surface area contributed by atoms with E-state index in [1.165, 1.54) is 0 Å². The Kier molecular flexibility index (Phi) is 7.28. The molecule has 32 heavy (non-hydrogen) atoms. The predicted octanol–water partition coefficient (Wildman–Crippen LogP) is 1.95. The van der Waals surface area contributed by atoms with E-state index in [-0.39, 0.29) is 12.5 Å². The van der Waals surface area contributed by atoms with Gasteiger partial charge in [-0.15, -0.1) is 0 Å². The summed E-state index contributed by atoms with van der Waals surface area (Å²) in [5.74, 6) is 2.58. The molecule has 1 aliphatic heterocycles. The number of nitrogens with zero attached hydrogens (tertiary/aromatic N) is 4. The summed E-state index contributed by atoms with van der Waals surface area (Å²) in [5, 5.41) is 12.1. The number of carbonyl (C=O) groups is 1. The van der Waals surface area contributed by atoms with Gasteiger partial charge in [-0.1, -0.05) is 30.8 Å². The van der Waals surface area contributed by atoms with Crippen molar-refractivity contribution in [2.75, 3.05) is 44.5 Å². The molecule has 0 saturated heterocycles. The van der Waals surface area contributed by atoms with Crippen molar-refractivity contribution in [1.29, 1.82) is 0 Å². The van der Waals surface area contributed by atoms with Crippen LogP contribution in [0.5, 0.6) is 11.5 Å². The molecule has 2 aromatic heterocycles. The molecule has 1 unspecified atom stereocenters. The Morgan fingerprint density at radius 3 is 2.94 bits per heavy atom. The van der Waals surface area contributed by atoms with Crippen LogP contribution in [0, 0.1) is 0 Å². The molecule has 0 spiro atoms. The minimum atomic E-state index is -0.689. The summed E-state index contributed by atoms with van der Waals surface area (Å²) in [6, 6.07) is 7.31. The number of para-hydroxylation sites is 2. The lowest BCUT2D eigenvalue weighted by Crippen LogP contribution is -2.44. The van der Waals surface area contributed by atoms with E-state index in [9.17, 15) is 4.79 Å². The lowest BCUT2D eigenvalue weighted by Gasteiger charge is -2.25. The van der Waals surface area contributed by atoms with Gasteiger partial charge in [0, 0.05) is 20.2 Å². The molecular weight excluding hydrogens is 432 g/mol. The van der Waals surface area contributed by atoms with Crippen molar-refractivity contribution < 1.29 is 19.0 Å². The second kappa shape index (κ2) is 10.5. The van der Waals surface area contributed by atoms with Gasteiger partial charge in [-0.3, -0.25) is 4.79 Å². The van der Waals surface area contributed by atoms with Crippen LogP contribution < -0.4 is 20.1 Å². The molecule has 3 aromatic rings. The maximum absolute atomic E-state index is 12.5. The topological polar surface area (TPSA) is 112 Å². The molecule has 0 radical (unpaired) electrons. The summed E-state index contributed by atoms with van der Waals surface area (Å²) in [5.41, 5.74) is 0.719. The van der Waals surface area contributed by atoms with Gasteiger partial charge in [0.05, 0.1) is 24.7 Å². The number of thioether (sulfide) groups is 1. The van der Waals surface area contributed by atoms with Crippen LogP contribution in [0.15, 0.2) is 35.6 Å². The average molecular weight is 459 g/mol. The SMILES string of the molecule is CCSc1nc(NCCOC)c2cnn(CCNC(=O)C3COc4ccccc4O3)c2n1. The predicted molar refractivity (Wildman–Crippen MR) is 121 cm³/mol. The Bertz CT molecular complexity index is 1080. The molecular formula is C21H26N6O4S. The number of rotatable bonds is 10. The van der Waals surface area contributed by atoms with Crippen LogP contribution in [0.3, 0.4) is 0 Å². The lowest BCUT2D eigenvalue weighted by molar-refractivity contribution is -0.130. The zero-order chi connectivity index (χ0) is 22.3. The van der Waals surface area contributed by atoms with Crippen LogP contribution in [0.2, 0.25) is 0 Å². The van der Waals surface area contributed by atoms with Crippen LogP contribution in [-0.2, 0) is 16.1 Å². The highest BCUT2D eigenvalue weighted by Crippen LogP contribution is 2.30. The van der Waals surface area contributed by atoms with Crippen LogP contribution >= 0.6 is 11.8 Å². The Labute approximate surface area is 190 Å². The fourth-order valence-corrected chi connectivity index (χ4v) is 3.81. The molecule has 11 heteroatoms. The van der Waals surface area contributed by atoms with Gasteiger partial charge in [0.1, 0.15) is 12.4 Å². The molecule has 2 N–H and O–H groups in total. The lowest BCUT2D eigenvalue weighted by atomic mass is 10.2. The van der Waals surface area contributed by atoms with Crippen molar-refractivity contribution in [3.63, 3.8) is 0 Å². The van der Waals surface area contributed by atoms with E-state index in [2.05, 4.69) is 32.6 Å². The Morgan fingerprint density at radius 1 is 1.28 bits per heavy atom. The fraction of sp³-hybridized carbons (Fsp3) is 0.429. The Morgan fingerprint density at radius 2 is 2.12 bits per heavy atom. The Hall–Kier alpha value is -3.05. The number of nitrogens with one attached hydrogen (secondary N) is 2. The first-order valence-electron chi connectivity index (χ1n) is 10.4. The number of ether oxygens (including phenoxy) is 3. The summed E-state index contributed by atoms with van der Waals surface area (Å²) in [7, 11) is 1.66. The first kappa shape index (κ1) is 22.2. The first-order chi connectivity index (χ1) is 15.7. The number of anilines is 1. The van der Waals surface area contributed by atoms with E-state index in [4.69, 9.17) is 14.2 Å². The minimum absolute atomic E-state index is 0.175. The zero-order valence-corrected chi connectivity index (χ0v) is 18.9. The molecule has 4 rings (SSSR count). The third kappa shape index (κ3) is 5.05. The number of methoxy groups -OCH3 is 1. The summed E-state index contributed by atoms with van der Waals surface area (Å²) in [6.07, 6.45) is 1.05. The highest BCUT2D eigenvalue weighted by Gasteiger charge is 2.27. The summed E-state index contributed by atoms with van der Waals surface area (Å²) in [6.45, 7) is 4.27. The molecule has 10 nitrogen and oxygen atoms in total. The number of carbonyl (C=O) groups excluding carboxylic acids is 1. The maximum atomic E-state index is 12.5. The maximum Gasteiger partial charge on any atom is 0.264 e. The van der Waals surface area contributed by atoms with Crippen molar-refractivity contribution in [2.45, 2.75) is 24.7 Å². The zero-order valence-electron chi connectivity index (χ0n) is 18.0. The number of hydrogen-bond donors (Lipinski definition) is 2. The normalized spacial score (nSPS) is 15.0. The van der Waals surface area contributed by atoms with Crippen molar-refractivity contribution in [2.24, 2.45) is 0 Å². The van der Waals surface area contributed by atoms with E-state index in [0.29, 0.717) is 42.9 Å². The molecule has 170 valence electrons. The molecule has 3 heterocycles. The molecule has 0 bridgehead atoms. The van der Waals surface area contributed by atoms with Gasteiger partial charge >= 0.3 is 0 Å². The molecule has 1 aliphatic rings. The second-order valence-electron chi connectivity index (χ2n) is 6.97. The average Bonchev–Trinajstić information content (AvgIpc) is 3.22. The van der Waals surface area contributed by atoms with E-state index >= 15 is 0 Å². The quantitative estimate of drug-likeness (QED) is 0.267. The molecule has 0 aliphatic carbocycles. The second-order valence-corrected chi connectivity index (χ2v) is 8.20. The third-order valence-corrected chi connectivity index (χ3v) is 5.50. The van der Waals surface area contributed by atoms with Gasteiger partial charge in [0.25, 0.3) is 5.91 Å². The van der Waals surface area contributed by atoms with E-state index in [1.54, 1.807) is 35.8 Å². The van der Waals surface area contributed by atoms with Gasteiger partial charge in [0.15, 0.2) is 22.3 Å². The van der Waals surface area contributed by atoms with Crippen molar-refractivity contribution >= 4 is 34.5 Å². The third-order valence-electron chi connectivity index (χ3n) is 4.77. The Balaban J connectivity index is 1.40. The van der Waals surface area contributed by atoms with Crippen molar-refractivity contribution in [3.8, 4) is 11.5 Å². The number of fused-ring (bicyclic) bond motifs is 2. The van der Waals surface area contributed by atoms with Crippen molar-refractivity contribution in [1.82, 2.24) is 25.1 Å². The monoisotopic (exact) mass is 458 g/mol. The van der Waals surface area contributed by atoms with Gasteiger partial charge in [-0.25, -0.2) is 14.6 Å². The minimum Gasteiger partial charge on any atom is -0.485 e. The van der Waals surface area contributed by atoms with Gasteiger partial charge in [-0.05, 0) is 17.9 Å². The first-order valence-corrected chi connectivity index (χ1v) is 11.4. The molecule has 1 aromatic carbocycles. The van der Waals surface area contributed by atoms with Crippen LogP contribution in [0.1, 0.15) is 6.92 Å². The van der Waals surface area contributed by atoms with E-state index in [0.717, 1.165) is 22.6 Å². The van der Waals surface area contributed by atoms with Crippen molar-refractivity contribution in [3.05, 3.63) is 30.5 Å². The van der Waals surface area contributed by atoms with E-state index in [1.807, 2.05) is 18.2 Å². The summed E-state index contributed by atoms with van der Waals surface area (Å²) in [4.78, 5) is 21.8. The summed E-state index contributed by atoms with van der Waals surface area (Å²) >= 11 is 1.56. The van der Waals surface area contributed by atoms with Gasteiger partial charge < -0.3 is 24.8 Å². The van der Waals surface area contributed by atoms with Crippen LogP contribution in [-0.4, -0.2) is 70.9 Å². The molecule has 1 amide bonds. The number of benzene rings is 1. The number of amides is 1. The molecule has 1 atom stereocenters. The standard InChI is InChI=1S/C21H26N6O4S/c1-3-32-21-25-18(22-9-11-29-2)14-12-24-27(19(14)26-21)10-8-23-20(28)17-13-30-15-6-4-5-7-16(15)31-17/h4-7,12,17H,3,8-11,13H2,1-2H3,(H,23,28)(H,22,25,26). The smallest absolute Gasteiger partial charge is 0.264 e. The number of hydrogen-bond acceptors (Lipinski definition) is 9. The largest absolute Gasteiger partial charge is 0.485 e. The van der Waals surface area contributed by atoms with E-state index < -0.39 is 6.10 Å². The van der Waals surface area contributed by atoms with Crippen LogP contribution in [0.4, 0.5) is 5.82 Å². The van der Waals surface area contributed by atoms with Gasteiger partial charge in [-0.2, -0.15) is 5.10 Å². The van der Waals surface area contributed by atoms with Gasteiger partial charge in [0.2, 0.25) is 6.10 Å². The highest BCUT2D eigenvalue weighted by atomic mass is 32.2. The molecule has 0 fully saturated rings. The molecule has 0 saturated carbocycles. The highest BCUT2D eigenvalue weighted by molar-refractivity contribution is 7.99. The van der Waals surface area contributed by atoms with Crippen LogP contribution in [0.25, 0.3) is 11.0 Å². The summed E-state index contributed by atoms with van der Waals surface area (Å²) < 4.78 is 18.3. The number of aromatic nitrogens is 4. The fourth-order valence-electron chi connectivity index (χ4n) is 3.25.